The van der Waals surface area contributed by atoms with Gasteiger partial charge in [0.05, 0.1) is 11.2 Å². The Kier molecular flexibility index (Phi) is 7.90. The molecule has 0 spiro atoms. The minimum atomic E-state index is 0.295. The minimum Gasteiger partial charge on any atom is -0.476 e. The lowest BCUT2D eigenvalue weighted by molar-refractivity contribution is 0.143. The number of unbranched alkanes of at least 4 members (excludes halogenated alkanes) is 1. The summed E-state index contributed by atoms with van der Waals surface area (Å²) in [4.78, 5) is 12.1. The zero-order valence-electron chi connectivity index (χ0n) is 20.1. The summed E-state index contributed by atoms with van der Waals surface area (Å²) in [6.45, 7) is 5.86. The fourth-order valence-corrected chi connectivity index (χ4v) is 4.34. The SMILES string of the molecule is CCCCc1cc2ccccc2c(OCC(CCC)N(C)Cc2ccc3ccccc3n2)n1. The van der Waals surface area contributed by atoms with Crippen molar-refractivity contribution in [2.75, 3.05) is 13.7 Å². The van der Waals surface area contributed by atoms with E-state index >= 15 is 0 Å². The molecule has 1 unspecified atom stereocenters. The molecule has 4 nitrogen and oxygen atoms in total. The van der Waals surface area contributed by atoms with Crippen molar-refractivity contribution in [3.63, 3.8) is 0 Å². The van der Waals surface area contributed by atoms with Crippen LogP contribution in [-0.4, -0.2) is 34.6 Å². The fraction of sp³-hybridized carbons (Fsp3) is 0.379. The normalized spacial score (nSPS) is 12.5. The van der Waals surface area contributed by atoms with Crippen molar-refractivity contribution in [2.45, 2.75) is 58.5 Å². The monoisotopic (exact) mass is 441 g/mol. The second-order valence-electron chi connectivity index (χ2n) is 8.91. The van der Waals surface area contributed by atoms with Gasteiger partial charge in [-0.05, 0) is 56.0 Å². The van der Waals surface area contributed by atoms with E-state index in [1.165, 1.54) is 10.8 Å². The molecule has 0 aliphatic heterocycles. The summed E-state index contributed by atoms with van der Waals surface area (Å²) in [7, 11) is 2.17. The van der Waals surface area contributed by atoms with E-state index < -0.39 is 0 Å². The van der Waals surface area contributed by atoms with Gasteiger partial charge in [0.2, 0.25) is 5.88 Å². The van der Waals surface area contributed by atoms with Crippen LogP contribution in [0.2, 0.25) is 0 Å². The summed E-state index contributed by atoms with van der Waals surface area (Å²) >= 11 is 0. The first-order valence-electron chi connectivity index (χ1n) is 12.2. The van der Waals surface area contributed by atoms with Gasteiger partial charge in [-0.1, -0.05) is 69.2 Å². The van der Waals surface area contributed by atoms with E-state index in [4.69, 9.17) is 14.7 Å². The fourth-order valence-electron chi connectivity index (χ4n) is 4.34. The minimum absolute atomic E-state index is 0.295. The first-order valence-corrected chi connectivity index (χ1v) is 12.2. The van der Waals surface area contributed by atoms with Crippen LogP contribution >= 0.6 is 0 Å². The number of nitrogens with zero attached hydrogens (tertiary/aromatic N) is 3. The Morgan fingerprint density at radius 1 is 0.848 bits per heavy atom. The predicted molar refractivity (Wildman–Crippen MR) is 138 cm³/mol. The van der Waals surface area contributed by atoms with Crippen LogP contribution < -0.4 is 4.74 Å². The number of likely N-dealkylation sites (N-methyl/N-ethyl adjacent to an activating group) is 1. The topological polar surface area (TPSA) is 38.2 Å². The molecule has 0 fully saturated rings. The van der Waals surface area contributed by atoms with E-state index in [1.54, 1.807) is 0 Å². The Hall–Kier alpha value is -2.98. The van der Waals surface area contributed by atoms with Gasteiger partial charge in [-0.25, -0.2) is 4.98 Å². The van der Waals surface area contributed by atoms with E-state index in [1.807, 2.05) is 6.07 Å². The highest BCUT2D eigenvalue weighted by molar-refractivity contribution is 5.87. The summed E-state index contributed by atoms with van der Waals surface area (Å²) in [5.41, 5.74) is 3.25. The highest BCUT2D eigenvalue weighted by Crippen LogP contribution is 2.26. The second kappa shape index (κ2) is 11.2. The molecule has 33 heavy (non-hydrogen) atoms. The van der Waals surface area contributed by atoms with E-state index in [0.717, 1.165) is 66.8 Å². The number of para-hydroxylation sites is 1. The van der Waals surface area contributed by atoms with Crippen LogP contribution in [0, 0.1) is 0 Å². The maximum atomic E-state index is 6.41. The number of rotatable bonds is 11. The van der Waals surface area contributed by atoms with Gasteiger partial charge >= 0.3 is 0 Å². The molecule has 0 aliphatic carbocycles. The van der Waals surface area contributed by atoms with Gasteiger partial charge in [-0.3, -0.25) is 9.88 Å². The molecule has 4 heteroatoms. The van der Waals surface area contributed by atoms with Crippen LogP contribution in [0.3, 0.4) is 0 Å². The van der Waals surface area contributed by atoms with Gasteiger partial charge in [0.1, 0.15) is 6.61 Å². The average molecular weight is 442 g/mol. The van der Waals surface area contributed by atoms with E-state index in [2.05, 4.69) is 86.5 Å². The summed E-state index contributed by atoms with van der Waals surface area (Å²) in [5.74, 6) is 0.762. The molecule has 0 amide bonds. The van der Waals surface area contributed by atoms with Crippen molar-refractivity contribution < 1.29 is 4.74 Å². The lowest BCUT2D eigenvalue weighted by atomic mass is 10.1. The third kappa shape index (κ3) is 5.88. The second-order valence-corrected chi connectivity index (χ2v) is 8.91. The highest BCUT2D eigenvalue weighted by Gasteiger charge is 2.17. The molecule has 4 rings (SSSR count). The van der Waals surface area contributed by atoms with E-state index in [9.17, 15) is 0 Å². The standard InChI is InChI=1S/C29H35N3O/c1-4-6-14-24-19-23-13-7-9-15-27(23)29(31-24)33-21-26(11-5-2)32(3)20-25-18-17-22-12-8-10-16-28(22)30-25/h7-10,12-13,15-19,26H,4-6,11,14,20-21H2,1-3H3. The van der Waals surface area contributed by atoms with Crippen molar-refractivity contribution in [3.05, 3.63) is 78.1 Å². The van der Waals surface area contributed by atoms with Crippen molar-refractivity contribution in [1.82, 2.24) is 14.9 Å². The molecule has 0 saturated heterocycles. The molecule has 0 aliphatic rings. The third-order valence-electron chi connectivity index (χ3n) is 6.27. The zero-order valence-corrected chi connectivity index (χ0v) is 20.1. The van der Waals surface area contributed by atoms with Crippen LogP contribution in [0.4, 0.5) is 0 Å². The number of ether oxygens (including phenoxy) is 1. The highest BCUT2D eigenvalue weighted by atomic mass is 16.5. The lowest BCUT2D eigenvalue weighted by Crippen LogP contribution is -2.36. The molecule has 0 bridgehead atoms. The zero-order chi connectivity index (χ0) is 23.0. The van der Waals surface area contributed by atoms with Gasteiger partial charge in [0, 0.05) is 29.1 Å². The van der Waals surface area contributed by atoms with Crippen molar-refractivity contribution in [1.29, 1.82) is 0 Å². The number of aromatic nitrogens is 2. The van der Waals surface area contributed by atoms with Gasteiger partial charge in [0.25, 0.3) is 0 Å². The maximum Gasteiger partial charge on any atom is 0.221 e. The number of hydrogen-bond acceptors (Lipinski definition) is 4. The number of hydrogen-bond donors (Lipinski definition) is 0. The van der Waals surface area contributed by atoms with Crippen LogP contribution in [0.15, 0.2) is 66.7 Å². The summed E-state index contributed by atoms with van der Waals surface area (Å²) in [6.07, 6.45) is 5.47. The van der Waals surface area contributed by atoms with Crippen LogP contribution in [0.25, 0.3) is 21.7 Å². The largest absolute Gasteiger partial charge is 0.476 e. The molecule has 0 radical (unpaired) electrons. The Balaban J connectivity index is 1.50. The number of fused-ring (bicyclic) bond motifs is 2. The van der Waals surface area contributed by atoms with Crippen LogP contribution in [0.1, 0.15) is 50.9 Å². The van der Waals surface area contributed by atoms with Crippen LogP contribution in [-0.2, 0) is 13.0 Å². The van der Waals surface area contributed by atoms with Gasteiger partial charge in [-0.2, -0.15) is 0 Å². The van der Waals surface area contributed by atoms with E-state index in [-0.39, 0.29) is 0 Å². The first-order chi connectivity index (χ1) is 16.2. The first kappa shape index (κ1) is 23.2. The molecule has 2 aromatic carbocycles. The summed E-state index contributed by atoms with van der Waals surface area (Å²) in [5, 5.41) is 3.47. The number of benzene rings is 2. The van der Waals surface area contributed by atoms with Crippen molar-refractivity contribution in [2.24, 2.45) is 0 Å². The predicted octanol–water partition coefficient (Wildman–Crippen LogP) is 6.81. The Morgan fingerprint density at radius 3 is 2.45 bits per heavy atom. The molecular formula is C29H35N3O. The molecule has 0 N–H and O–H groups in total. The summed E-state index contributed by atoms with van der Waals surface area (Å²) in [6, 6.07) is 23.5. The molecular weight excluding hydrogens is 406 g/mol. The lowest BCUT2D eigenvalue weighted by Gasteiger charge is -2.27. The maximum absolute atomic E-state index is 6.41. The smallest absolute Gasteiger partial charge is 0.221 e. The summed E-state index contributed by atoms with van der Waals surface area (Å²) < 4.78 is 6.41. The molecule has 4 aromatic rings. The van der Waals surface area contributed by atoms with Gasteiger partial charge in [0.15, 0.2) is 0 Å². The Morgan fingerprint density at radius 2 is 1.64 bits per heavy atom. The Labute approximate surface area is 197 Å². The molecule has 2 aromatic heterocycles. The molecule has 0 saturated carbocycles. The molecule has 172 valence electrons. The van der Waals surface area contributed by atoms with Crippen molar-refractivity contribution >= 4 is 21.7 Å². The van der Waals surface area contributed by atoms with Gasteiger partial charge < -0.3 is 4.74 Å². The van der Waals surface area contributed by atoms with Gasteiger partial charge in [-0.15, -0.1) is 0 Å². The van der Waals surface area contributed by atoms with Crippen LogP contribution in [0.5, 0.6) is 5.88 Å². The molecule has 2 heterocycles. The number of aryl methyl sites for hydroxylation is 1. The Bertz CT molecular complexity index is 1190. The quantitative estimate of drug-likeness (QED) is 0.256. The average Bonchev–Trinajstić information content (AvgIpc) is 2.85. The third-order valence-corrected chi connectivity index (χ3v) is 6.27. The molecule has 1 atom stereocenters. The van der Waals surface area contributed by atoms with E-state index in [0.29, 0.717) is 12.6 Å². The number of pyridine rings is 2. The van der Waals surface area contributed by atoms with Crippen molar-refractivity contribution in [3.8, 4) is 5.88 Å².